The van der Waals surface area contributed by atoms with Crippen LogP contribution in [0.1, 0.15) is 6.92 Å². The van der Waals surface area contributed by atoms with Crippen LogP contribution in [0.5, 0.6) is 5.75 Å². The first-order valence-corrected chi connectivity index (χ1v) is 8.06. The van der Waals surface area contributed by atoms with Crippen molar-refractivity contribution in [3.63, 3.8) is 0 Å². The molecule has 0 fully saturated rings. The number of nitrogens with zero attached hydrogens (tertiary/aromatic N) is 1. The van der Waals surface area contributed by atoms with E-state index in [9.17, 15) is 40.3 Å². The lowest BCUT2D eigenvalue weighted by Crippen LogP contribution is -2.56. The summed E-state index contributed by atoms with van der Waals surface area (Å²) in [5.74, 6) is -13.4. The molecule has 3 rings (SSSR count). The minimum absolute atomic E-state index is 0.108. The van der Waals surface area contributed by atoms with Crippen LogP contribution < -0.4 is 9.64 Å². The number of fused-ring (bicyclic) bond motifs is 1. The molecular formula is C18H10F7NO4. The van der Waals surface area contributed by atoms with E-state index in [4.69, 9.17) is 0 Å². The Labute approximate surface area is 163 Å². The SMILES string of the molecule is COC(=O)[C@H](C)N1C(=O)C(F)(F)Oc2cc(F)c(-c3c(F)c(F)cc(F)c3F)cc21. The van der Waals surface area contributed by atoms with E-state index in [0.717, 1.165) is 14.0 Å². The molecule has 1 amide bonds. The smallest absolute Gasteiger partial charge is 0.467 e. The first-order chi connectivity index (χ1) is 13.9. The van der Waals surface area contributed by atoms with Crippen molar-refractivity contribution in [2.24, 2.45) is 0 Å². The van der Waals surface area contributed by atoms with Crippen LogP contribution in [-0.4, -0.2) is 31.1 Å². The summed E-state index contributed by atoms with van der Waals surface area (Å²) in [6.45, 7) is 0.987. The van der Waals surface area contributed by atoms with Gasteiger partial charge in [0.25, 0.3) is 0 Å². The third-order valence-electron chi connectivity index (χ3n) is 4.32. The number of esters is 1. The summed E-state index contributed by atoms with van der Waals surface area (Å²) in [4.78, 5) is 24.1. The van der Waals surface area contributed by atoms with Gasteiger partial charge in [-0.05, 0) is 13.0 Å². The Balaban J connectivity index is 2.31. The zero-order chi connectivity index (χ0) is 22.5. The van der Waals surface area contributed by atoms with E-state index in [1.807, 2.05) is 0 Å². The van der Waals surface area contributed by atoms with E-state index < -0.39 is 75.7 Å². The standard InChI is InChI=1S/C18H10F7NO4/c1-6(16(27)29-2)26-11-3-7(13-14(22)9(20)4-10(21)15(13)23)8(19)5-12(11)30-18(24,25)17(26)28/h3-6H,1-2H3/t6-/m0/s1. The predicted octanol–water partition coefficient (Wildman–Crippen LogP) is 3.93. The quantitative estimate of drug-likeness (QED) is 0.415. The first-order valence-electron chi connectivity index (χ1n) is 8.06. The summed E-state index contributed by atoms with van der Waals surface area (Å²) in [7, 11) is 0.902. The molecule has 0 N–H and O–H groups in total. The topological polar surface area (TPSA) is 55.8 Å². The molecule has 0 radical (unpaired) electrons. The monoisotopic (exact) mass is 437 g/mol. The second-order valence-corrected chi connectivity index (χ2v) is 6.14. The predicted molar refractivity (Wildman–Crippen MR) is 86.2 cm³/mol. The van der Waals surface area contributed by atoms with Crippen LogP contribution in [-0.2, 0) is 14.3 Å². The molecule has 0 spiro atoms. The Morgan fingerprint density at radius 1 is 1.03 bits per heavy atom. The van der Waals surface area contributed by atoms with E-state index in [1.165, 1.54) is 0 Å². The molecule has 0 saturated heterocycles. The van der Waals surface area contributed by atoms with Crippen LogP contribution in [0.3, 0.4) is 0 Å². The van der Waals surface area contributed by atoms with Crippen LogP contribution in [0.25, 0.3) is 11.1 Å². The fraction of sp³-hybridized carbons (Fsp3) is 0.222. The average molecular weight is 437 g/mol. The van der Waals surface area contributed by atoms with Crippen LogP contribution in [0, 0.1) is 29.1 Å². The number of hydrogen-bond donors (Lipinski definition) is 0. The van der Waals surface area contributed by atoms with E-state index in [1.54, 1.807) is 0 Å². The van der Waals surface area contributed by atoms with Gasteiger partial charge in [0.2, 0.25) is 0 Å². The number of carbonyl (C=O) groups is 2. The number of carbonyl (C=O) groups excluding carboxylic acids is 2. The molecule has 1 aliphatic heterocycles. The van der Waals surface area contributed by atoms with E-state index in [2.05, 4.69) is 9.47 Å². The van der Waals surface area contributed by atoms with E-state index in [0.29, 0.717) is 6.07 Å². The number of methoxy groups -OCH3 is 1. The van der Waals surface area contributed by atoms with Crippen molar-refractivity contribution in [1.82, 2.24) is 0 Å². The summed E-state index contributed by atoms with van der Waals surface area (Å²) in [6.07, 6.45) is -4.51. The highest BCUT2D eigenvalue weighted by Gasteiger charge is 2.53. The highest BCUT2D eigenvalue weighted by atomic mass is 19.3. The molecule has 1 atom stereocenters. The molecule has 5 nitrogen and oxygen atoms in total. The maximum absolute atomic E-state index is 14.5. The third kappa shape index (κ3) is 3.21. The highest BCUT2D eigenvalue weighted by Crippen LogP contribution is 2.44. The van der Waals surface area contributed by atoms with Crippen molar-refractivity contribution in [3.05, 3.63) is 47.3 Å². The summed E-state index contributed by atoms with van der Waals surface area (Å²) < 4.78 is 106. The summed E-state index contributed by atoms with van der Waals surface area (Å²) in [5, 5.41) is 0. The minimum atomic E-state index is -4.51. The van der Waals surface area contributed by atoms with Gasteiger partial charge in [-0.1, -0.05) is 0 Å². The van der Waals surface area contributed by atoms with Crippen LogP contribution in [0.2, 0.25) is 0 Å². The van der Waals surface area contributed by atoms with Gasteiger partial charge in [-0.3, -0.25) is 9.69 Å². The Morgan fingerprint density at radius 3 is 2.13 bits per heavy atom. The minimum Gasteiger partial charge on any atom is -0.467 e. The number of halogens is 7. The second kappa shape index (κ2) is 7.18. The first kappa shape index (κ1) is 21.4. The van der Waals surface area contributed by atoms with Crippen molar-refractivity contribution >= 4 is 17.6 Å². The third-order valence-corrected chi connectivity index (χ3v) is 4.32. The van der Waals surface area contributed by atoms with Gasteiger partial charge >= 0.3 is 18.0 Å². The Hall–Kier alpha value is -3.31. The molecule has 1 heterocycles. The van der Waals surface area contributed by atoms with Crippen molar-refractivity contribution in [1.29, 1.82) is 0 Å². The fourth-order valence-corrected chi connectivity index (χ4v) is 2.91. The number of ether oxygens (including phenoxy) is 2. The van der Waals surface area contributed by atoms with Gasteiger partial charge in [-0.15, -0.1) is 0 Å². The number of benzene rings is 2. The number of anilines is 1. The molecule has 0 saturated carbocycles. The van der Waals surface area contributed by atoms with Gasteiger partial charge < -0.3 is 9.47 Å². The van der Waals surface area contributed by atoms with Gasteiger partial charge in [-0.25, -0.2) is 26.7 Å². The molecule has 0 aromatic heterocycles. The normalized spacial score (nSPS) is 16.0. The number of hydrogen-bond acceptors (Lipinski definition) is 4. The fourth-order valence-electron chi connectivity index (χ4n) is 2.91. The Kier molecular flexibility index (Phi) is 5.12. The van der Waals surface area contributed by atoms with E-state index in [-0.39, 0.29) is 17.0 Å². The van der Waals surface area contributed by atoms with Crippen LogP contribution >= 0.6 is 0 Å². The van der Waals surface area contributed by atoms with Crippen molar-refractivity contribution in [2.45, 2.75) is 19.1 Å². The molecule has 1 aliphatic rings. The number of rotatable bonds is 3. The average Bonchev–Trinajstić information content (AvgIpc) is 2.67. The highest BCUT2D eigenvalue weighted by molar-refractivity contribution is 6.05. The van der Waals surface area contributed by atoms with Gasteiger partial charge in [0, 0.05) is 17.7 Å². The van der Waals surface area contributed by atoms with Gasteiger partial charge in [0.05, 0.1) is 18.4 Å². The Bertz CT molecular complexity index is 1050. The molecule has 12 heteroatoms. The summed E-state index contributed by atoms with van der Waals surface area (Å²) >= 11 is 0. The zero-order valence-electron chi connectivity index (χ0n) is 15.0. The molecule has 0 aliphatic carbocycles. The summed E-state index contributed by atoms with van der Waals surface area (Å²) in [6, 6.07) is -1.11. The Morgan fingerprint density at radius 2 is 1.60 bits per heavy atom. The molecule has 2 aromatic rings. The second-order valence-electron chi connectivity index (χ2n) is 6.14. The molecule has 2 aromatic carbocycles. The van der Waals surface area contributed by atoms with Gasteiger partial charge in [-0.2, -0.15) is 8.78 Å². The maximum atomic E-state index is 14.5. The molecule has 30 heavy (non-hydrogen) atoms. The van der Waals surface area contributed by atoms with Crippen LogP contribution in [0.4, 0.5) is 36.4 Å². The molecule has 160 valence electrons. The van der Waals surface area contributed by atoms with Crippen LogP contribution in [0.15, 0.2) is 18.2 Å². The number of amides is 1. The van der Waals surface area contributed by atoms with Crippen molar-refractivity contribution in [2.75, 3.05) is 12.0 Å². The summed E-state index contributed by atoms with van der Waals surface area (Å²) in [5.41, 5.74) is -3.29. The van der Waals surface area contributed by atoms with Gasteiger partial charge in [0.15, 0.2) is 29.0 Å². The zero-order valence-corrected chi connectivity index (χ0v) is 15.0. The van der Waals surface area contributed by atoms with Gasteiger partial charge in [0.1, 0.15) is 11.9 Å². The van der Waals surface area contributed by atoms with E-state index >= 15 is 0 Å². The number of alkyl halides is 2. The van der Waals surface area contributed by atoms with Crippen molar-refractivity contribution in [3.8, 4) is 16.9 Å². The molecule has 0 bridgehead atoms. The lowest BCUT2D eigenvalue weighted by Gasteiger charge is -2.36. The van der Waals surface area contributed by atoms with Crippen molar-refractivity contribution < 1.29 is 49.8 Å². The molecular weight excluding hydrogens is 427 g/mol. The lowest BCUT2D eigenvalue weighted by molar-refractivity contribution is -0.193. The lowest BCUT2D eigenvalue weighted by atomic mass is 10.0. The largest absolute Gasteiger partial charge is 0.483 e. The molecule has 0 unspecified atom stereocenters. The maximum Gasteiger partial charge on any atom is 0.483 e.